The van der Waals surface area contributed by atoms with E-state index in [2.05, 4.69) is 10.1 Å². The summed E-state index contributed by atoms with van der Waals surface area (Å²) in [6, 6.07) is 4.95. The highest BCUT2D eigenvalue weighted by molar-refractivity contribution is 6.35. The molecule has 0 bridgehead atoms. The number of aliphatic hydroxyl groups is 1. The summed E-state index contributed by atoms with van der Waals surface area (Å²) in [6.45, 7) is 1.97. The first kappa shape index (κ1) is 17.8. The molecule has 120 valence electrons. The molecular weight excluding hydrogens is 368 g/mol. The van der Waals surface area contributed by atoms with E-state index in [-0.39, 0.29) is 18.3 Å². The summed E-state index contributed by atoms with van der Waals surface area (Å²) in [5.41, 5.74) is -0.839. The van der Waals surface area contributed by atoms with Gasteiger partial charge in [0, 0.05) is 27.4 Å². The number of benzene rings is 1. The zero-order valence-corrected chi connectivity index (χ0v) is 14.8. The van der Waals surface area contributed by atoms with Gasteiger partial charge in [0.15, 0.2) is 0 Å². The van der Waals surface area contributed by atoms with Crippen LogP contribution in [0.2, 0.25) is 10.0 Å². The Labute approximate surface area is 149 Å². The van der Waals surface area contributed by atoms with Gasteiger partial charge < -0.3 is 5.11 Å². The van der Waals surface area contributed by atoms with Gasteiger partial charge in [-0.3, -0.25) is 0 Å². The van der Waals surface area contributed by atoms with Gasteiger partial charge in [-0.15, -0.1) is 23.2 Å². The summed E-state index contributed by atoms with van der Waals surface area (Å²) in [7, 11) is 0. The van der Waals surface area contributed by atoms with Crippen molar-refractivity contribution in [2.24, 2.45) is 5.92 Å². The quantitative estimate of drug-likeness (QED) is 0.769. The van der Waals surface area contributed by atoms with Crippen LogP contribution in [0, 0.1) is 5.92 Å². The molecule has 0 fully saturated rings. The van der Waals surface area contributed by atoms with Crippen molar-refractivity contribution < 1.29 is 5.11 Å². The third-order valence-corrected chi connectivity index (χ3v) is 5.28. The minimum atomic E-state index is -1.36. The van der Waals surface area contributed by atoms with Crippen LogP contribution < -0.4 is 0 Å². The molecule has 1 heterocycles. The first-order valence-electron chi connectivity index (χ1n) is 6.59. The Morgan fingerprint density at radius 3 is 2.64 bits per heavy atom. The Morgan fingerprint density at radius 2 is 2.09 bits per heavy atom. The maximum Gasteiger partial charge on any atom is 0.137 e. The fraction of sp³-hybridized carbons (Fsp3) is 0.429. The van der Waals surface area contributed by atoms with Crippen LogP contribution >= 0.6 is 46.4 Å². The van der Waals surface area contributed by atoms with E-state index in [1.165, 1.54) is 17.3 Å². The van der Waals surface area contributed by atoms with Crippen molar-refractivity contribution in [2.75, 3.05) is 5.88 Å². The molecule has 22 heavy (non-hydrogen) atoms. The summed E-state index contributed by atoms with van der Waals surface area (Å²) in [5, 5.41) is 15.8. The predicted octanol–water partition coefficient (Wildman–Crippen LogP) is 3.96. The molecule has 0 radical (unpaired) electrons. The number of halogens is 4. The lowest BCUT2D eigenvalue weighted by Gasteiger charge is -2.37. The van der Waals surface area contributed by atoms with Gasteiger partial charge in [0.05, 0.1) is 11.9 Å². The molecule has 1 aromatic carbocycles. The van der Waals surface area contributed by atoms with Gasteiger partial charge in [0.25, 0.3) is 0 Å². The van der Waals surface area contributed by atoms with Crippen molar-refractivity contribution in [1.29, 1.82) is 0 Å². The molecule has 1 N–H and O–H groups in total. The van der Waals surface area contributed by atoms with Gasteiger partial charge in [-0.05, 0) is 12.1 Å². The summed E-state index contributed by atoms with van der Waals surface area (Å²) in [5.74, 6) is -0.178. The average Bonchev–Trinajstić information content (AvgIpc) is 2.98. The van der Waals surface area contributed by atoms with Crippen LogP contribution in [0.1, 0.15) is 12.5 Å². The number of hydrogen-bond acceptors (Lipinski definition) is 3. The fourth-order valence-electron chi connectivity index (χ4n) is 2.31. The summed E-state index contributed by atoms with van der Waals surface area (Å²) < 4.78 is 1.53. The Bertz CT molecular complexity index is 623. The molecule has 0 saturated heterocycles. The van der Waals surface area contributed by atoms with Crippen LogP contribution in [0.25, 0.3) is 0 Å². The van der Waals surface area contributed by atoms with Crippen molar-refractivity contribution in [3.63, 3.8) is 0 Å². The van der Waals surface area contributed by atoms with Gasteiger partial charge in [0.1, 0.15) is 18.3 Å². The van der Waals surface area contributed by atoms with Gasteiger partial charge in [-0.25, -0.2) is 9.67 Å². The van der Waals surface area contributed by atoms with Gasteiger partial charge in [-0.1, -0.05) is 36.2 Å². The molecule has 0 aliphatic carbocycles. The fourth-order valence-corrected chi connectivity index (χ4v) is 3.36. The Morgan fingerprint density at radius 1 is 1.36 bits per heavy atom. The second-order valence-electron chi connectivity index (χ2n) is 5.10. The smallest absolute Gasteiger partial charge is 0.137 e. The lowest BCUT2D eigenvalue weighted by molar-refractivity contribution is -0.0356. The number of rotatable bonds is 6. The second-order valence-corrected chi connectivity index (χ2v) is 6.81. The molecule has 4 nitrogen and oxygen atoms in total. The average molecular weight is 383 g/mol. The predicted molar refractivity (Wildman–Crippen MR) is 89.9 cm³/mol. The molecular formula is C14H15Cl4N3O. The van der Waals surface area contributed by atoms with Gasteiger partial charge in [0.2, 0.25) is 0 Å². The van der Waals surface area contributed by atoms with E-state index in [0.29, 0.717) is 15.6 Å². The molecule has 0 aliphatic rings. The first-order valence-corrected chi connectivity index (χ1v) is 8.31. The molecule has 3 atom stereocenters. The van der Waals surface area contributed by atoms with E-state index in [1.807, 2.05) is 6.92 Å². The molecule has 3 unspecified atom stereocenters. The van der Waals surface area contributed by atoms with E-state index in [0.717, 1.165) is 0 Å². The zero-order chi connectivity index (χ0) is 16.3. The normalized spacial score (nSPS) is 17.0. The van der Waals surface area contributed by atoms with E-state index in [9.17, 15) is 5.11 Å². The number of hydrogen-bond donors (Lipinski definition) is 1. The minimum absolute atomic E-state index is 0.148. The maximum atomic E-state index is 11.3. The molecule has 0 spiro atoms. The minimum Gasteiger partial charge on any atom is -0.383 e. The van der Waals surface area contributed by atoms with Crippen LogP contribution in [0.3, 0.4) is 0 Å². The summed E-state index contributed by atoms with van der Waals surface area (Å²) in [6.07, 6.45) is 2.92. The highest BCUT2D eigenvalue weighted by Gasteiger charge is 2.41. The van der Waals surface area contributed by atoms with Crippen LogP contribution in [0.5, 0.6) is 0 Å². The van der Waals surface area contributed by atoms with Crippen molar-refractivity contribution in [2.45, 2.75) is 24.4 Å². The maximum absolute atomic E-state index is 11.3. The Balaban J connectivity index is 2.48. The highest BCUT2D eigenvalue weighted by Crippen LogP contribution is 2.40. The van der Waals surface area contributed by atoms with Crippen molar-refractivity contribution in [3.05, 3.63) is 46.5 Å². The number of alkyl halides is 2. The largest absolute Gasteiger partial charge is 0.383 e. The highest BCUT2D eigenvalue weighted by atomic mass is 35.5. The van der Waals surface area contributed by atoms with Crippen molar-refractivity contribution >= 4 is 46.4 Å². The van der Waals surface area contributed by atoms with Crippen LogP contribution in [-0.4, -0.2) is 31.1 Å². The Kier molecular flexibility index (Phi) is 5.97. The first-order chi connectivity index (χ1) is 10.4. The lowest BCUT2D eigenvalue weighted by atomic mass is 9.80. The summed E-state index contributed by atoms with van der Waals surface area (Å²) in [4.78, 5) is 3.89. The monoisotopic (exact) mass is 381 g/mol. The summed E-state index contributed by atoms with van der Waals surface area (Å²) >= 11 is 24.3. The molecule has 2 aromatic rings. The van der Waals surface area contributed by atoms with Crippen LogP contribution in [-0.2, 0) is 12.1 Å². The van der Waals surface area contributed by atoms with E-state index in [4.69, 9.17) is 46.4 Å². The Hall–Kier alpha value is -0.520. The SMILES string of the molecule is CC(C(Cl)CCl)C(O)(Cn1cncn1)c1ccc(Cl)cc1Cl. The molecule has 0 amide bonds. The van der Waals surface area contributed by atoms with E-state index in [1.54, 1.807) is 18.2 Å². The van der Waals surface area contributed by atoms with Gasteiger partial charge in [-0.2, -0.15) is 5.10 Å². The van der Waals surface area contributed by atoms with E-state index < -0.39 is 11.0 Å². The topological polar surface area (TPSA) is 50.9 Å². The zero-order valence-electron chi connectivity index (χ0n) is 11.8. The standard InChI is InChI=1S/C14H15Cl4N3O/c1-9(13(18)5-15)14(22,6-21-8-19-7-20-21)11-3-2-10(16)4-12(11)17/h2-4,7-9,13,22H,5-6H2,1H3. The molecule has 1 aromatic heterocycles. The van der Waals surface area contributed by atoms with Crippen molar-refractivity contribution in [1.82, 2.24) is 14.8 Å². The van der Waals surface area contributed by atoms with Crippen LogP contribution in [0.4, 0.5) is 0 Å². The molecule has 2 rings (SSSR count). The lowest BCUT2D eigenvalue weighted by Crippen LogP contribution is -2.43. The number of aromatic nitrogens is 3. The molecule has 0 saturated carbocycles. The van der Waals surface area contributed by atoms with E-state index >= 15 is 0 Å². The third-order valence-electron chi connectivity index (χ3n) is 3.71. The van der Waals surface area contributed by atoms with Crippen molar-refractivity contribution in [3.8, 4) is 0 Å². The molecule has 8 heteroatoms. The van der Waals surface area contributed by atoms with Gasteiger partial charge >= 0.3 is 0 Å². The molecule has 0 aliphatic heterocycles. The number of nitrogens with zero attached hydrogens (tertiary/aromatic N) is 3. The van der Waals surface area contributed by atoms with Crippen LogP contribution in [0.15, 0.2) is 30.9 Å². The second kappa shape index (κ2) is 7.37. The third kappa shape index (κ3) is 3.69.